The van der Waals surface area contributed by atoms with Crippen LogP contribution < -0.4 is 16.4 Å². The smallest absolute Gasteiger partial charge is 0.268 e. The Bertz CT molecular complexity index is 1000. The van der Waals surface area contributed by atoms with Gasteiger partial charge in [0.15, 0.2) is 0 Å². The van der Waals surface area contributed by atoms with Gasteiger partial charge in [0.1, 0.15) is 17.6 Å². The molecular formula is C21H22ClN5O2. The molecule has 0 unspecified atom stereocenters. The number of hydrogen-bond acceptors (Lipinski definition) is 4. The van der Waals surface area contributed by atoms with Crippen molar-refractivity contribution in [1.82, 2.24) is 20.6 Å². The monoisotopic (exact) mass is 411 g/mol. The van der Waals surface area contributed by atoms with Gasteiger partial charge in [-0.2, -0.15) is 0 Å². The molecule has 150 valence electrons. The first-order valence-electron chi connectivity index (χ1n) is 9.10. The molecule has 2 heterocycles. The number of rotatable bonds is 7. The van der Waals surface area contributed by atoms with Crippen LogP contribution in [0.1, 0.15) is 27.2 Å². The predicted octanol–water partition coefficient (Wildman–Crippen LogP) is 2.61. The Balaban J connectivity index is 1.73. The summed E-state index contributed by atoms with van der Waals surface area (Å²) in [5.41, 5.74) is 8.46. The number of carbonyl (C=O) groups excluding carboxylic acids is 2. The molecule has 0 aliphatic rings. The minimum atomic E-state index is -0.773. The standard InChI is InChI=1S/C21H22ClN5O2/c1-13-7-8-24-19(13)21(29)27-17(10-14-3-2-4-16(22)9-14)20(28)26-12-15-5-6-18(23)25-11-15/h2-9,11,17,24H,10,12H2,1H3,(H2,23,25)(H,26,28)(H,27,29)/t17-/m0/s1. The van der Waals surface area contributed by atoms with Crippen molar-refractivity contribution in [2.45, 2.75) is 25.9 Å². The fourth-order valence-corrected chi connectivity index (χ4v) is 3.10. The molecule has 5 N–H and O–H groups in total. The van der Waals surface area contributed by atoms with Crippen LogP contribution in [0.15, 0.2) is 54.9 Å². The Morgan fingerprint density at radius 1 is 1.21 bits per heavy atom. The number of hydrogen-bond donors (Lipinski definition) is 4. The minimum absolute atomic E-state index is 0.273. The van der Waals surface area contributed by atoms with Gasteiger partial charge in [0.2, 0.25) is 5.91 Å². The first-order chi connectivity index (χ1) is 13.9. The van der Waals surface area contributed by atoms with Crippen molar-refractivity contribution in [2.24, 2.45) is 0 Å². The van der Waals surface area contributed by atoms with Crippen molar-refractivity contribution < 1.29 is 9.59 Å². The molecule has 0 aliphatic carbocycles. The van der Waals surface area contributed by atoms with E-state index in [1.165, 1.54) is 0 Å². The van der Waals surface area contributed by atoms with Gasteiger partial charge in [0, 0.05) is 30.4 Å². The normalized spacial score (nSPS) is 11.7. The molecule has 2 aromatic heterocycles. The molecule has 3 aromatic rings. The molecule has 0 saturated carbocycles. The van der Waals surface area contributed by atoms with E-state index in [1.807, 2.05) is 19.1 Å². The highest BCUT2D eigenvalue weighted by molar-refractivity contribution is 6.30. The van der Waals surface area contributed by atoms with Crippen LogP contribution in [0.3, 0.4) is 0 Å². The molecule has 0 spiro atoms. The van der Waals surface area contributed by atoms with Gasteiger partial charge in [0.05, 0.1) is 0 Å². The number of nitrogens with zero attached hydrogens (tertiary/aromatic N) is 1. The number of nitrogens with one attached hydrogen (secondary N) is 3. The number of nitrogen functional groups attached to an aromatic ring is 1. The third-order valence-corrected chi connectivity index (χ3v) is 4.68. The van der Waals surface area contributed by atoms with Gasteiger partial charge in [-0.25, -0.2) is 4.98 Å². The number of amides is 2. The van der Waals surface area contributed by atoms with Crippen molar-refractivity contribution in [3.63, 3.8) is 0 Å². The Labute approximate surface area is 173 Å². The van der Waals surface area contributed by atoms with Crippen LogP contribution in [0.2, 0.25) is 5.02 Å². The van der Waals surface area contributed by atoms with Gasteiger partial charge in [-0.15, -0.1) is 0 Å². The topological polar surface area (TPSA) is 113 Å². The van der Waals surface area contributed by atoms with E-state index >= 15 is 0 Å². The molecule has 3 rings (SSSR count). The maximum atomic E-state index is 12.8. The van der Waals surface area contributed by atoms with Crippen LogP contribution in [0, 0.1) is 6.92 Å². The SMILES string of the molecule is Cc1cc[nH]c1C(=O)N[C@@H](Cc1cccc(Cl)c1)C(=O)NCc1ccc(N)nc1. The van der Waals surface area contributed by atoms with E-state index in [-0.39, 0.29) is 18.4 Å². The summed E-state index contributed by atoms with van der Waals surface area (Å²) in [6.45, 7) is 2.10. The second kappa shape index (κ2) is 9.25. The zero-order valence-electron chi connectivity index (χ0n) is 15.9. The minimum Gasteiger partial charge on any atom is -0.384 e. The van der Waals surface area contributed by atoms with Crippen molar-refractivity contribution >= 4 is 29.2 Å². The van der Waals surface area contributed by atoms with Gasteiger partial charge in [-0.3, -0.25) is 9.59 Å². The molecule has 7 nitrogen and oxygen atoms in total. The number of halogens is 1. The number of pyridine rings is 1. The molecule has 1 aromatic carbocycles. The Kier molecular flexibility index (Phi) is 6.51. The van der Waals surface area contributed by atoms with E-state index in [4.69, 9.17) is 17.3 Å². The molecule has 0 saturated heterocycles. The van der Waals surface area contributed by atoms with Crippen molar-refractivity contribution in [3.05, 3.63) is 82.3 Å². The zero-order chi connectivity index (χ0) is 20.8. The predicted molar refractivity (Wildman–Crippen MR) is 112 cm³/mol. The van der Waals surface area contributed by atoms with Gasteiger partial charge in [-0.1, -0.05) is 29.8 Å². The maximum absolute atomic E-state index is 12.8. The Hall–Kier alpha value is -3.32. The second-order valence-electron chi connectivity index (χ2n) is 6.70. The molecule has 8 heteroatoms. The second-order valence-corrected chi connectivity index (χ2v) is 7.14. The third-order valence-electron chi connectivity index (χ3n) is 4.45. The highest BCUT2D eigenvalue weighted by atomic mass is 35.5. The quantitative estimate of drug-likeness (QED) is 0.478. The van der Waals surface area contributed by atoms with E-state index in [9.17, 15) is 9.59 Å². The fourth-order valence-electron chi connectivity index (χ4n) is 2.88. The van der Waals surface area contributed by atoms with Gasteiger partial charge in [-0.05, 0) is 47.9 Å². The van der Waals surface area contributed by atoms with E-state index in [0.29, 0.717) is 23.0 Å². The fraction of sp³-hybridized carbons (Fsp3) is 0.190. The highest BCUT2D eigenvalue weighted by Crippen LogP contribution is 2.13. The number of aromatic amines is 1. The number of anilines is 1. The number of aromatic nitrogens is 2. The number of aryl methyl sites for hydroxylation is 1. The molecular weight excluding hydrogens is 390 g/mol. The summed E-state index contributed by atoms with van der Waals surface area (Å²) in [7, 11) is 0. The molecule has 1 atom stereocenters. The first kappa shape index (κ1) is 20.4. The Morgan fingerprint density at radius 3 is 2.69 bits per heavy atom. The highest BCUT2D eigenvalue weighted by Gasteiger charge is 2.23. The summed E-state index contributed by atoms with van der Waals surface area (Å²) >= 11 is 6.06. The van der Waals surface area contributed by atoms with Crippen molar-refractivity contribution in [1.29, 1.82) is 0 Å². The first-order valence-corrected chi connectivity index (χ1v) is 9.47. The van der Waals surface area contributed by atoms with Crippen LogP contribution in [0.5, 0.6) is 0 Å². The lowest BCUT2D eigenvalue weighted by molar-refractivity contribution is -0.123. The maximum Gasteiger partial charge on any atom is 0.268 e. The van der Waals surface area contributed by atoms with Crippen LogP contribution in [0.25, 0.3) is 0 Å². The van der Waals surface area contributed by atoms with E-state index in [0.717, 1.165) is 16.7 Å². The molecule has 2 amide bonds. The largest absolute Gasteiger partial charge is 0.384 e. The van der Waals surface area contributed by atoms with E-state index in [1.54, 1.807) is 42.7 Å². The summed E-state index contributed by atoms with van der Waals surface area (Å²) in [5.74, 6) is -0.240. The molecule has 0 fully saturated rings. The van der Waals surface area contributed by atoms with E-state index < -0.39 is 6.04 Å². The van der Waals surface area contributed by atoms with Crippen LogP contribution >= 0.6 is 11.6 Å². The van der Waals surface area contributed by atoms with Gasteiger partial charge < -0.3 is 21.4 Å². The van der Waals surface area contributed by atoms with Crippen LogP contribution in [0.4, 0.5) is 5.82 Å². The average Bonchev–Trinajstić information content (AvgIpc) is 3.13. The van der Waals surface area contributed by atoms with Crippen molar-refractivity contribution in [3.8, 4) is 0 Å². The van der Waals surface area contributed by atoms with Crippen LogP contribution in [-0.4, -0.2) is 27.8 Å². The van der Waals surface area contributed by atoms with Gasteiger partial charge in [0.25, 0.3) is 5.91 Å². The summed E-state index contributed by atoms with van der Waals surface area (Å²) in [6, 6.07) is 11.7. The third kappa shape index (κ3) is 5.58. The average molecular weight is 412 g/mol. The van der Waals surface area contributed by atoms with Gasteiger partial charge >= 0.3 is 0 Å². The lowest BCUT2D eigenvalue weighted by Crippen LogP contribution is -2.48. The molecule has 29 heavy (non-hydrogen) atoms. The molecule has 0 bridgehead atoms. The number of benzene rings is 1. The lowest BCUT2D eigenvalue weighted by atomic mass is 10.0. The molecule has 0 radical (unpaired) electrons. The van der Waals surface area contributed by atoms with E-state index in [2.05, 4.69) is 20.6 Å². The lowest BCUT2D eigenvalue weighted by Gasteiger charge is -2.19. The summed E-state index contributed by atoms with van der Waals surface area (Å²) in [5, 5.41) is 6.22. The molecule has 0 aliphatic heterocycles. The summed E-state index contributed by atoms with van der Waals surface area (Å²) in [4.78, 5) is 32.4. The zero-order valence-corrected chi connectivity index (χ0v) is 16.7. The number of nitrogens with two attached hydrogens (primary N) is 1. The summed E-state index contributed by atoms with van der Waals surface area (Å²) < 4.78 is 0. The van der Waals surface area contributed by atoms with Crippen LogP contribution in [-0.2, 0) is 17.8 Å². The number of carbonyl (C=O) groups is 2. The number of H-pyrrole nitrogens is 1. The Morgan fingerprint density at radius 2 is 2.03 bits per heavy atom. The van der Waals surface area contributed by atoms with Crippen molar-refractivity contribution in [2.75, 3.05) is 5.73 Å². The summed E-state index contributed by atoms with van der Waals surface area (Å²) in [6.07, 6.45) is 3.59.